The van der Waals surface area contributed by atoms with Crippen molar-refractivity contribution in [3.63, 3.8) is 0 Å². The maximum Gasteiger partial charge on any atom is 0.234 e. The summed E-state index contributed by atoms with van der Waals surface area (Å²) >= 11 is 1.32. The summed E-state index contributed by atoms with van der Waals surface area (Å²) in [5.41, 5.74) is 0.696. The lowest BCUT2D eigenvalue weighted by Gasteiger charge is -2.30. The maximum atomic E-state index is 12.3. The molecule has 1 aliphatic rings. The summed E-state index contributed by atoms with van der Waals surface area (Å²) in [4.78, 5) is 12.3. The summed E-state index contributed by atoms with van der Waals surface area (Å²) in [6.45, 7) is 3.61. The molecule has 0 bridgehead atoms. The summed E-state index contributed by atoms with van der Waals surface area (Å²) in [6.07, 6.45) is 2.90. The molecule has 2 heterocycles. The van der Waals surface area contributed by atoms with Gasteiger partial charge in [-0.05, 0) is 44.0 Å². The smallest absolute Gasteiger partial charge is 0.234 e. The average molecular weight is 454 g/mol. The van der Waals surface area contributed by atoms with Crippen LogP contribution < -0.4 is 10.1 Å². The van der Waals surface area contributed by atoms with E-state index < -0.39 is 10.0 Å². The number of nitrogens with zero attached hydrogens (tertiary/aromatic N) is 4. The molecule has 11 heteroatoms. The SMILES string of the molecule is CCn1c(SCC(=O)Nc2ccc(OC)cc2)nnc1[C@@H]1CCCN(S(C)(=O)=O)C1. The van der Waals surface area contributed by atoms with Crippen LogP contribution in [0.2, 0.25) is 0 Å². The van der Waals surface area contributed by atoms with Gasteiger partial charge in [0.1, 0.15) is 11.6 Å². The van der Waals surface area contributed by atoms with Crippen LogP contribution in [0.15, 0.2) is 29.4 Å². The highest BCUT2D eigenvalue weighted by molar-refractivity contribution is 7.99. The van der Waals surface area contributed by atoms with E-state index in [1.807, 2.05) is 11.5 Å². The molecule has 30 heavy (non-hydrogen) atoms. The first-order valence-electron chi connectivity index (χ1n) is 9.76. The Hall–Kier alpha value is -2.11. The first kappa shape index (κ1) is 22.6. The van der Waals surface area contributed by atoms with E-state index in [9.17, 15) is 13.2 Å². The standard InChI is InChI=1S/C19H27N5O4S2/c1-4-24-18(14-6-5-11-23(12-14)30(3,26)27)21-22-19(24)29-13-17(25)20-15-7-9-16(28-2)10-8-15/h7-10,14H,4-6,11-13H2,1-3H3,(H,20,25)/t14-/m1/s1. The van der Waals surface area contributed by atoms with E-state index in [0.29, 0.717) is 30.5 Å². The number of nitrogens with one attached hydrogen (secondary N) is 1. The van der Waals surface area contributed by atoms with Gasteiger partial charge in [-0.15, -0.1) is 10.2 Å². The van der Waals surface area contributed by atoms with Gasteiger partial charge < -0.3 is 14.6 Å². The molecule has 2 aromatic rings. The molecule has 0 aliphatic carbocycles. The normalized spacial score (nSPS) is 17.6. The van der Waals surface area contributed by atoms with Crippen LogP contribution in [-0.4, -0.2) is 65.6 Å². The molecule has 1 atom stereocenters. The van der Waals surface area contributed by atoms with Crippen molar-refractivity contribution < 1.29 is 17.9 Å². The average Bonchev–Trinajstić information content (AvgIpc) is 3.15. The van der Waals surface area contributed by atoms with E-state index in [4.69, 9.17) is 4.74 Å². The number of carbonyl (C=O) groups excluding carboxylic acids is 1. The molecule has 1 aromatic carbocycles. The Balaban J connectivity index is 1.63. The number of benzene rings is 1. The molecule has 9 nitrogen and oxygen atoms in total. The van der Waals surface area contributed by atoms with Crippen molar-refractivity contribution >= 4 is 33.4 Å². The molecule has 0 unspecified atom stereocenters. The van der Waals surface area contributed by atoms with Gasteiger partial charge >= 0.3 is 0 Å². The second-order valence-electron chi connectivity index (χ2n) is 7.11. The molecule has 1 fully saturated rings. The first-order valence-corrected chi connectivity index (χ1v) is 12.6. The highest BCUT2D eigenvalue weighted by Crippen LogP contribution is 2.29. The predicted molar refractivity (Wildman–Crippen MR) is 116 cm³/mol. The zero-order chi connectivity index (χ0) is 21.7. The number of piperidine rings is 1. The van der Waals surface area contributed by atoms with Gasteiger partial charge in [0.25, 0.3) is 0 Å². The highest BCUT2D eigenvalue weighted by atomic mass is 32.2. The fourth-order valence-electron chi connectivity index (χ4n) is 3.46. The zero-order valence-corrected chi connectivity index (χ0v) is 19.0. The van der Waals surface area contributed by atoms with E-state index in [1.165, 1.54) is 22.3 Å². The summed E-state index contributed by atoms with van der Waals surface area (Å²) in [6, 6.07) is 7.13. The Morgan fingerprint density at radius 2 is 2.03 bits per heavy atom. The highest BCUT2D eigenvalue weighted by Gasteiger charge is 2.30. The monoisotopic (exact) mass is 453 g/mol. The Bertz CT molecular complexity index is 975. The van der Waals surface area contributed by atoms with E-state index in [0.717, 1.165) is 24.4 Å². The minimum atomic E-state index is -3.23. The zero-order valence-electron chi connectivity index (χ0n) is 17.4. The van der Waals surface area contributed by atoms with Crippen LogP contribution in [0.5, 0.6) is 5.75 Å². The van der Waals surface area contributed by atoms with Gasteiger partial charge in [-0.1, -0.05) is 11.8 Å². The van der Waals surface area contributed by atoms with Gasteiger partial charge in [0, 0.05) is 31.2 Å². The topological polar surface area (TPSA) is 106 Å². The largest absolute Gasteiger partial charge is 0.497 e. The quantitative estimate of drug-likeness (QED) is 0.611. The third-order valence-corrected chi connectivity index (χ3v) is 7.22. The second-order valence-corrected chi connectivity index (χ2v) is 10.0. The number of amides is 1. The molecular formula is C19H27N5O4S2. The van der Waals surface area contributed by atoms with Gasteiger partial charge in [0.2, 0.25) is 15.9 Å². The number of sulfonamides is 1. The van der Waals surface area contributed by atoms with E-state index >= 15 is 0 Å². The van der Waals surface area contributed by atoms with E-state index in [1.54, 1.807) is 31.4 Å². The molecule has 1 aromatic heterocycles. The van der Waals surface area contributed by atoms with Crippen molar-refractivity contribution in [1.82, 2.24) is 19.1 Å². The third-order valence-electron chi connectivity index (χ3n) is 4.99. The lowest BCUT2D eigenvalue weighted by atomic mass is 9.99. The molecule has 0 radical (unpaired) electrons. The van der Waals surface area contributed by atoms with Crippen LogP contribution in [-0.2, 0) is 21.4 Å². The van der Waals surface area contributed by atoms with Crippen LogP contribution >= 0.6 is 11.8 Å². The third kappa shape index (κ3) is 5.52. The minimum absolute atomic E-state index is 0.00315. The Labute approximate surface area is 181 Å². The minimum Gasteiger partial charge on any atom is -0.497 e. The Kier molecular flexibility index (Phi) is 7.37. The van der Waals surface area contributed by atoms with Crippen molar-refractivity contribution in [2.45, 2.75) is 37.4 Å². The molecule has 0 saturated carbocycles. The fraction of sp³-hybridized carbons (Fsp3) is 0.526. The van der Waals surface area contributed by atoms with Crippen LogP contribution in [0, 0.1) is 0 Å². The molecule has 3 rings (SSSR count). The summed E-state index contributed by atoms with van der Waals surface area (Å²) < 4.78 is 32.4. The van der Waals surface area contributed by atoms with Crippen molar-refractivity contribution in [2.75, 3.05) is 37.5 Å². The van der Waals surface area contributed by atoms with Gasteiger partial charge in [0.15, 0.2) is 5.16 Å². The lowest BCUT2D eigenvalue weighted by Crippen LogP contribution is -2.39. The maximum absolute atomic E-state index is 12.3. The molecule has 1 aliphatic heterocycles. The van der Waals surface area contributed by atoms with Gasteiger partial charge in [-0.2, -0.15) is 0 Å². The van der Waals surface area contributed by atoms with Crippen LogP contribution in [0.25, 0.3) is 0 Å². The van der Waals surface area contributed by atoms with Crippen molar-refractivity contribution in [3.8, 4) is 5.75 Å². The van der Waals surface area contributed by atoms with Crippen LogP contribution in [0.3, 0.4) is 0 Å². The molecule has 1 N–H and O–H groups in total. The molecule has 1 amide bonds. The molecule has 164 valence electrons. The van der Waals surface area contributed by atoms with E-state index in [-0.39, 0.29) is 17.6 Å². The summed E-state index contributed by atoms with van der Waals surface area (Å²) in [5, 5.41) is 12.1. The van der Waals surface area contributed by atoms with Crippen molar-refractivity contribution in [3.05, 3.63) is 30.1 Å². The van der Waals surface area contributed by atoms with Crippen LogP contribution in [0.4, 0.5) is 5.69 Å². The number of methoxy groups -OCH3 is 1. The predicted octanol–water partition coefficient (Wildman–Crippen LogP) is 2.18. The molecule has 0 spiro atoms. The summed E-state index contributed by atoms with van der Waals surface area (Å²) in [7, 11) is -1.63. The number of aromatic nitrogens is 3. The molecule has 1 saturated heterocycles. The number of hydrogen-bond donors (Lipinski definition) is 1. The number of rotatable bonds is 8. The van der Waals surface area contributed by atoms with E-state index in [2.05, 4.69) is 15.5 Å². The van der Waals surface area contributed by atoms with Crippen molar-refractivity contribution in [1.29, 1.82) is 0 Å². The number of carbonyl (C=O) groups is 1. The number of anilines is 1. The number of thioether (sulfide) groups is 1. The summed E-state index contributed by atoms with van der Waals surface area (Å²) in [5.74, 6) is 1.57. The fourth-order valence-corrected chi connectivity index (χ4v) is 5.18. The van der Waals surface area contributed by atoms with Crippen molar-refractivity contribution in [2.24, 2.45) is 0 Å². The van der Waals surface area contributed by atoms with Crippen LogP contribution in [0.1, 0.15) is 31.5 Å². The second kappa shape index (κ2) is 9.80. The van der Waals surface area contributed by atoms with Gasteiger partial charge in [-0.25, -0.2) is 12.7 Å². The molecular weight excluding hydrogens is 426 g/mol. The number of ether oxygens (including phenoxy) is 1. The Morgan fingerprint density at radius 3 is 2.67 bits per heavy atom. The lowest BCUT2D eigenvalue weighted by molar-refractivity contribution is -0.113. The van der Waals surface area contributed by atoms with Gasteiger partial charge in [0.05, 0.1) is 19.1 Å². The first-order chi connectivity index (χ1) is 14.3. The Morgan fingerprint density at radius 1 is 1.30 bits per heavy atom. The van der Waals surface area contributed by atoms with Gasteiger partial charge in [-0.3, -0.25) is 4.79 Å². The number of hydrogen-bond acceptors (Lipinski definition) is 7.